The molecule has 0 fully saturated rings. The third-order valence-corrected chi connectivity index (χ3v) is 5.98. The lowest BCUT2D eigenvalue weighted by atomic mass is 10.0. The molecule has 0 aliphatic carbocycles. The second kappa shape index (κ2) is 8.62. The molecule has 9 nitrogen and oxygen atoms in total. The van der Waals surface area contributed by atoms with E-state index in [0.717, 1.165) is 51.8 Å². The van der Waals surface area contributed by atoms with Crippen LogP contribution in [-0.4, -0.2) is 40.6 Å². The van der Waals surface area contributed by atoms with Gasteiger partial charge in [-0.2, -0.15) is 4.98 Å². The molecule has 2 aliphatic rings. The van der Waals surface area contributed by atoms with E-state index in [4.69, 9.17) is 4.74 Å². The number of fused-ring (bicyclic) bond motifs is 2. The van der Waals surface area contributed by atoms with E-state index in [1.165, 1.54) is 0 Å². The molecule has 0 bridgehead atoms. The molecule has 0 saturated carbocycles. The molecule has 1 aromatic carbocycles. The second-order valence-electron chi connectivity index (χ2n) is 7.53. The summed E-state index contributed by atoms with van der Waals surface area (Å²) < 4.78 is 6.52. The van der Waals surface area contributed by atoms with Gasteiger partial charge in [-0.3, -0.25) is 4.79 Å². The Hall–Kier alpha value is -3.40. The number of rotatable bonds is 5. The minimum Gasteiger partial charge on any atom is -0.488 e. The van der Waals surface area contributed by atoms with Crippen LogP contribution in [0.3, 0.4) is 0 Å². The van der Waals surface area contributed by atoms with Crippen molar-refractivity contribution in [2.45, 2.75) is 19.8 Å². The van der Waals surface area contributed by atoms with E-state index in [1.54, 1.807) is 12.4 Å². The highest BCUT2D eigenvalue weighted by molar-refractivity contribution is 9.10. The molecule has 2 aromatic heterocycles. The minimum atomic E-state index is 0.0506. The van der Waals surface area contributed by atoms with Gasteiger partial charge < -0.3 is 25.6 Å². The number of likely N-dealkylation sites (N-methyl/N-ethyl adjacent to an activating group) is 1. The molecule has 5 rings (SSSR count). The molecule has 3 aromatic rings. The van der Waals surface area contributed by atoms with Crippen molar-refractivity contribution in [2.75, 3.05) is 40.5 Å². The molecule has 10 heteroatoms. The average Bonchev–Trinajstić information content (AvgIpc) is 2.81. The maximum atomic E-state index is 11.6. The molecule has 32 heavy (non-hydrogen) atoms. The Labute approximate surface area is 193 Å². The number of halogens is 1. The van der Waals surface area contributed by atoms with Crippen LogP contribution in [0, 0.1) is 0 Å². The number of carbonyl (C=O) groups is 1. The fourth-order valence-electron chi connectivity index (χ4n) is 3.77. The number of amides is 1. The van der Waals surface area contributed by atoms with Crippen molar-refractivity contribution < 1.29 is 9.53 Å². The number of hydrogen-bond acceptors (Lipinski definition) is 8. The fourth-order valence-corrected chi connectivity index (χ4v) is 4.06. The van der Waals surface area contributed by atoms with Crippen LogP contribution in [0.4, 0.5) is 34.6 Å². The van der Waals surface area contributed by atoms with Crippen molar-refractivity contribution in [3.8, 4) is 5.75 Å². The third-order valence-electron chi connectivity index (χ3n) is 5.40. The van der Waals surface area contributed by atoms with Crippen LogP contribution in [0.1, 0.15) is 18.9 Å². The fraction of sp³-hybridized carbons (Fsp3) is 0.273. The zero-order chi connectivity index (χ0) is 22.1. The molecule has 0 saturated heterocycles. The Morgan fingerprint density at radius 2 is 2.06 bits per heavy atom. The number of pyridine rings is 1. The van der Waals surface area contributed by atoms with Gasteiger partial charge in [0.2, 0.25) is 11.9 Å². The van der Waals surface area contributed by atoms with Gasteiger partial charge in [-0.05, 0) is 53.0 Å². The molecule has 0 spiro atoms. The number of aromatic nitrogens is 3. The molecule has 1 amide bonds. The summed E-state index contributed by atoms with van der Waals surface area (Å²) in [4.78, 5) is 27.3. The highest BCUT2D eigenvalue weighted by Gasteiger charge is 2.19. The van der Waals surface area contributed by atoms with Crippen molar-refractivity contribution in [3.63, 3.8) is 0 Å². The SMILES string of the molecule is CCN1CCOc2cc(Nc3nc(Nc4ccc5c(c4)CCC(=O)N5)ncc3Br)cnc21. The number of anilines is 6. The van der Waals surface area contributed by atoms with E-state index in [0.29, 0.717) is 31.2 Å². The second-order valence-corrected chi connectivity index (χ2v) is 8.39. The van der Waals surface area contributed by atoms with Crippen LogP contribution in [0.5, 0.6) is 5.75 Å². The first kappa shape index (κ1) is 20.5. The van der Waals surface area contributed by atoms with Crippen molar-refractivity contribution in [3.05, 3.63) is 46.7 Å². The standard InChI is InChI=1S/C22H22BrN7O2/c1-2-30-7-8-32-18-10-15(11-24-21(18)30)26-20-16(23)12-25-22(29-20)27-14-4-5-17-13(9-14)3-6-19(31)28-17/h4-5,9-12H,2-3,6-8H2,1H3,(H,28,31)(H2,25,26,27,29). The number of hydrogen-bond donors (Lipinski definition) is 3. The van der Waals surface area contributed by atoms with E-state index in [-0.39, 0.29) is 5.91 Å². The van der Waals surface area contributed by atoms with Gasteiger partial charge in [-0.25, -0.2) is 9.97 Å². The molecule has 4 heterocycles. The van der Waals surface area contributed by atoms with Crippen LogP contribution >= 0.6 is 15.9 Å². The van der Waals surface area contributed by atoms with E-state index < -0.39 is 0 Å². The Morgan fingerprint density at radius 1 is 1.16 bits per heavy atom. The number of ether oxygens (including phenoxy) is 1. The van der Waals surface area contributed by atoms with Gasteiger partial charge in [0, 0.05) is 36.6 Å². The first-order valence-corrected chi connectivity index (χ1v) is 11.3. The lowest BCUT2D eigenvalue weighted by Crippen LogP contribution is -2.33. The van der Waals surface area contributed by atoms with Crippen LogP contribution in [0.15, 0.2) is 41.1 Å². The van der Waals surface area contributed by atoms with E-state index in [1.807, 2.05) is 24.3 Å². The predicted molar refractivity (Wildman–Crippen MR) is 127 cm³/mol. The summed E-state index contributed by atoms with van der Waals surface area (Å²) >= 11 is 3.51. The van der Waals surface area contributed by atoms with Crippen molar-refractivity contribution in [1.82, 2.24) is 15.0 Å². The van der Waals surface area contributed by atoms with Crippen LogP contribution in [-0.2, 0) is 11.2 Å². The normalized spacial score (nSPS) is 14.7. The number of carbonyl (C=O) groups excluding carboxylic acids is 1. The molecule has 0 radical (unpaired) electrons. The van der Waals surface area contributed by atoms with E-state index in [9.17, 15) is 4.79 Å². The maximum Gasteiger partial charge on any atom is 0.229 e. The average molecular weight is 496 g/mol. The lowest BCUT2D eigenvalue weighted by molar-refractivity contribution is -0.116. The topological polar surface area (TPSA) is 104 Å². The van der Waals surface area contributed by atoms with E-state index >= 15 is 0 Å². The quantitative estimate of drug-likeness (QED) is 0.483. The van der Waals surface area contributed by atoms with Gasteiger partial charge in [0.05, 0.1) is 22.9 Å². The van der Waals surface area contributed by atoms with Crippen LogP contribution < -0.4 is 25.6 Å². The Kier molecular flexibility index (Phi) is 5.52. The van der Waals surface area contributed by atoms with Gasteiger partial charge in [0.25, 0.3) is 0 Å². The van der Waals surface area contributed by atoms with E-state index in [2.05, 4.69) is 58.7 Å². The van der Waals surface area contributed by atoms with Crippen molar-refractivity contribution in [2.24, 2.45) is 0 Å². The monoisotopic (exact) mass is 495 g/mol. The highest BCUT2D eigenvalue weighted by atomic mass is 79.9. The summed E-state index contributed by atoms with van der Waals surface area (Å²) in [5.74, 6) is 2.73. The Balaban J connectivity index is 1.35. The molecular formula is C22H22BrN7O2. The first-order chi connectivity index (χ1) is 15.6. The van der Waals surface area contributed by atoms with Crippen molar-refractivity contribution >= 4 is 56.5 Å². The maximum absolute atomic E-state index is 11.6. The number of nitrogens with zero attached hydrogens (tertiary/aromatic N) is 4. The Morgan fingerprint density at radius 3 is 2.94 bits per heavy atom. The van der Waals surface area contributed by atoms with Gasteiger partial charge in [0.15, 0.2) is 11.6 Å². The summed E-state index contributed by atoms with van der Waals surface area (Å²) in [5, 5.41) is 9.42. The number of benzene rings is 1. The van der Waals surface area contributed by atoms with Gasteiger partial charge in [-0.1, -0.05) is 0 Å². The third kappa shape index (κ3) is 4.18. The molecule has 0 atom stereocenters. The number of nitrogens with one attached hydrogen (secondary N) is 3. The smallest absolute Gasteiger partial charge is 0.229 e. The zero-order valence-corrected chi connectivity index (χ0v) is 19.1. The molecule has 0 unspecified atom stereocenters. The molecular weight excluding hydrogens is 474 g/mol. The lowest BCUT2D eigenvalue weighted by Gasteiger charge is -2.29. The largest absolute Gasteiger partial charge is 0.488 e. The summed E-state index contributed by atoms with van der Waals surface area (Å²) in [6.45, 7) is 4.47. The molecule has 2 aliphatic heterocycles. The summed E-state index contributed by atoms with van der Waals surface area (Å²) in [7, 11) is 0. The zero-order valence-electron chi connectivity index (χ0n) is 17.5. The van der Waals surface area contributed by atoms with Crippen LogP contribution in [0.25, 0.3) is 0 Å². The Bertz CT molecular complexity index is 1190. The summed E-state index contributed by atoms with van der Waals surface area (Å²) in [5.41, 5.74) is 3.58. The van der Waals surface area contributed by atoms with Crippen LogP contribution in [0.2, 0.25) is 0 Å². The summed E-state index contributed by atoms with van der Waals surface area (Å²) in [6, 6.07) is 7.74. The first-order valence-electron chi connectivity index (χ1n) is 10.5. The predicted octanol–water partition coefficient (Wildman–Crippen LogP) is 4.22. The summed E-state index contributed by atoms with van der Waals surface area (Å²) in [6.07, 6.45) is 4.68. The van der Waals surface area contributed by atoms with Gasteiger partial charge >= 0.3 is 0 Å². The number of aryl methyl sites for hydroxylation is 1. The molecule has 164 valence electrons. The molecule has 3 N–H and O–H groups in total. The highest BCUT2D eigenvalue weighted by Crippen LogP contribution is 2.33. The minimum absolute atomic E-state index is 0.0506. The van der Waals surface area contributed by atoms with Gasteiger partial charge in [-0.15, -0.1) is 0 Å². The van der Waals surface area contributed by atoms with Crippen molar-refractivity contribution in [1.29, 1.82) is 0 Å². The van der Waals surface area contributed by atoms with Gasteiger partial charge in [0.1, 0.15) is 12.4 Å².